The molecule has 4 N–H and O–H groups in total. The molecule has 0 bridgehead atoms. The Morgan fingerprint density at radius 3 is 1.33 bits per heavy atom. The molecule has 70 heavy (non-hydrogen) atoms. The van der Waals surface area contributed by atoms with E-state index in [0.29, 0.717) is 82.6 Å². The lowest BCUT2D eigenvalue weighted by Gasteiger charge is -2.18. The highest BCUT2D eigenvalue weighted by Crippen LogP contribution is 2.48. The zero-order valence-corrected chi connectivity index (χ0v) is 41.7. The number of carbonyl (C=O) groups excluding carboxylic acids is 2. The Balaban J connectivity index is 0.000000261. The van der Waals surface area contributed by atoms with Crippen molar-refractivity contribution in [3.8, 4) is 79.7 Å². The lowest BCUT2D eigenvalue weighted by atomic mass is 9.96. The zero-order chi connectivity index (χ0) is 51.3. The van der Waals surface area contributed by atoms with Crippen LogP contribution in [0.5, 0.6) is 34.5 Å². The molecule has 4 aromatic heterocycles. The molecule has 2 aromatic carbocycles. The van der Waals surface area contributed by atoms with Crippen molar-refractivity contribution in [2.75, 3.05) is 41.5 Å². The first-order valence-electron chi connectivity index (χ1n) is 23.0. The van der Waals surface area contributed by atoms with Crippen LogP contribution in [0, 0.1) is 0 Å². The number of pyridine rings is 2. The fourth-order valence-electron chi connectivity index (χ4n) is 7.66. The molecule has 376 valence electrons. The number of carbonyl (C=O) groups is 2. The molecule has 0 unspecified atom stereocenters. The van der Waals surface area contributed by atoms with Gasteiger partial charge in [-0.25, -0.2) is 0 Å². The number of aromatic nitrogens is 6. The number of esters is 1. The molecule has 0 aliphatic rings. The molecule has 0 atom stereocenters. The van der Waals surface area contributed by atoms with Crippen molar-refractivity contribution in [3.05, 3.63) is 80.3 Å². The van der Waals surface area contributed by atoms with E-state index in [0.717, 1.165) is 25.7 Å². The van der Waals surface area contributed by atoms with Gasteiger partial charge in [-0.2, -0.15) is 0 Å². The number of likely N-dealkylation sites (N-methyl/N-ethyl adjacent to an activating group) is 1. The quantitative estimate of drug-likeness (QED) is 0.0536. The number of ether oxygens (including phenoxy) is 5. The lowest BCUT2D eigenvalue weighted by Crippen LogP contribution is -2.31. The molecule has 6 aromatic rings. The third-order valence-electron chi connectivity index (χ3n) is 10.9. The van der Waals surface area contributed by atoms with E-state index in [-0.39, 0.29) is 64.9 Å². The first-order chi connectivity index (χ1) is 33.5. The number of aromatic amines is 2. The van der Waals surface area contributed by atoms with E-state index in [1.807, 2.05) is 27.7 Å². The average Bonchev–Trinajstić information content (AvgIpc) is 3.98. The maximum absolute atomic E-state index is 13.1. The van der Waals surface area contributed by atoms with Gasteiger partial charge in [0.1, 0.15) is 64.1 Å². The molecule has 0 fully saturated rings. The largest absolute Gasteiger partial charge is 0.506 e. The number of hydrogen-bond acceptors (Lipinski definition) is 17. The number of benzene rings is 2. The van der Waals surface area contributed by atoms with E-state index < -0.39 is 22.7 Å². The number of H-pyrrole nitrogens is 2. The van der Waals surface area contributed by atoms with Gasteiger partial charge in [-0.3, -0.25) is 19.2 Å². The van der Waals surface area contributed by atoms with Crippen LogP contribution in [0.2, 0.25) is 0 Å². The molecule has 6 rings (SSSR count). The number of amides is 1. The van der Waals surface area contributed by atoms with Gasteiger partial charge in [0.05, 0.1) is 50.7 Å². The smallest absolute Gasteiger partial charge is 0.315 e. The standard InChI is InChI=1S/C25H32N4O6.C25H31N3O7/c1-6-9-11-15-20(21-16(33-4)12-10-13-17(21)34-5)23(31)22(24(32)26-15)25-28-27-18(35-25)14-19(30)29(7-2)8-3;1-7-8-10-14-19(20-15(32-5)11-9-12-16(20)33-6)22(30)21(23(31)26-14)24-28-27-17(34-24)13-18(29)35-25(2,3)4/h10,12-13H,6-9,11,14H2,1-5H3,(H2,26,31,32);9,11-12H,7-8,10,13H2,1-6H3,(H2,26,30,31). The van der Waals surface area contributed by atoms with Crippen molar-refractivity contribution in [3.63, 3.8) is 0 Å². The molecule has 4 heterocycles. The predicted octanol–water partition coefficient (Wildman–Crippen LogP) is 7.61. The molecule has 20 nitrogen and oxygen atoms in total. The van der Waals surface area contributed by atoms with E-state index in [9.17, 15) is 29.4 Å². The van der Waals surface area contributed by atoms with E-state index >= 15 is 0 Å². The van der Waals surface area contributed by atoms with Crippen molar-refractivity contribution in [2.45, 2.75) is 105 Å². The number of unbranched alkanes of at least 4 members (excludes halogenated alkanes) is 2. The monoisotopic (exact) mass is 969 g/mol. The zero-order valence-electron chi connectivity index (χ0n) is 41.7. The minimum Gasteiger partial charge on any atom is -0.506 e. The van der Waals surface area contributed by atoms with Crippen molar-refractivity contribution >= 4 is 11.9 Å². The Morgan fingerprint density at radius 2 is 0.986 bits per heavy atom. The highest BCUT2D eigenvalue weighted by Gasteiger charge is 2.30. The summed E-state index contributed by atoms with van der Waals surface area (Å²) in [5.74, 6) is 0.0429. The fourth-order valence-corrected chi connectivity index (χ4v) is 7.66. The normalized spacial score (nSPS) is 11.1. The number of methoxy groups -OCH3 is 4. The summed E-state index contributed by atoms with van der Waals surface area (Å²) < 4.78 is 38.7. The van der Waals surface area contributed by atoms with Gasteiger partial charge in [-0.05, 0) is 84.6 Å². The second-order valence-electron chi connectivity index (χ2n) is 16.9. The second-order valence-corrected chi connectivity index (χ2v) is 16.9. The summed E-state index contributed by atoms with van der Waals surface area (Å²) in [5.41, 5.74) is 0.504. The molecule has 20 heteroatoms. The first-order valence-corrected chi connectivity index (χ1v) is 23.0. The molecule has 0 radical (unpaired) electrons. The van der Waals surface area contributed by atoms with Crippen LogP contribution in [0.4, 0.5) is 0 Å². The molecular formula is C50H63N7O13. The molecular weight excluding hydrogens is 907 g/mol. The summed E-state index contributed by atoms with van der Waals surface area (Å²) in [7, 11) is 6.05. The van der Waals surface area contributed by atoms with Crippen LogP contribution in [-0.4, -0.2) is 104 Å². The Labute approximate surface area is 405 Å². The summed E-state index contributed by atoms with van der Waals surface area (Å²) in [6.45, 7) is 14.2. The number of hydrogen-bond donors (Lipinski definition) is 4. The number of rotatable bonds is 20. The van der Waals surface area contributed by atoms with E-state index in [1.54, 1.807) is 62.1 Å². The van der Waals surface area contributed by atoms with E-state index in [2.05, 4.69) is 30.4 Å². The fraction of sp³-hybridized carbons (Fsp3) is 0.440. The minimum absolute atomic E-state index is 0.0421. The third kappa shape index (κ3) is 12.3. The molecule has 0 saturated carbocycles. The summed E-state index contributed by atoms with van der Waals surface area (Å²) in [4.78, 5) is 58.1. The van der Waals surface area contributed by atoms with Crippen molar-refractivity contribution in [1.29, 1.82) is 0 Å². The Morgan fingerprint density at radius 1 is 0.600 bits per heavy atom. The van der Waals surface area contributed by atoms with Crippen molar-refractivity contribution in [2.24, 2.45) is 0 Å². The second kappa shape index (κ2) is 24.1. The van der Waals surface area contributed by atoms with Gasteiger partial charge in [0.15, 0.2) is 0 Å². The predicted molar refractivity (Wildman–Crippen MR) is 260 cm³/mol. The molecule has 0 aliphatic carbocycles. The van der Waals surface area contributed by atoms with Crippen molar-refractivity contribution < 1.29 is 52.3 Å². The van der Waals surface area contributed by atoms with Crippen LogP contribution in [0.3, 0.4) is 0 Å². The summed E-state index contributed by atoms with van der Waals surface area (Å²) in [6.07, 6.45) is 3.98. The van der Waals surface area contributed by atoms with Gasteiger partial charge >= 0.3 is 5.97 Å². The summed E-state index contributed by atoms with van der Waals surface area (Å²) in [6, 6.07) is 10.5. The number of nitrogens with zero attached hydrogens (tertiary/aromatic N) is 5. The number of aryl methyl sites for hydroxylation is 2. The van der Waals surface area contributed by atoms with Gasteiger partial charge in [0.25, 0.3) is 22.9 Å². The van der Waals surface area contributed by atoms with Crippen molar-refractivity contribution in [1.82, 2.24) is 35.3 Å². The lowest BCUT2D eigenvalue weighted by molar-refractivity contribution is -0.154. The van der Waals surface area contributed by atoms with Crippen LogP contribution in [0.25, 0.3) is 45.2 Å². The summed E-state index contributed by atoms with van der Waals surface area (Å²) in [5, 5.41) is 38.5. The minimum atomic E-state index is -0.674. The molecule has 1 amide bonds. The highest BCUT2D eigenvalue weighted by atomic mass is 16.6. The summed E-state index contributed by atoms with van der Waals surface area (Å²) >= 11 is 0. The highest BCUT2D eigenvalue weighted by molar-refractivity contribution is 5.88. The van der Waals surface area contributed by atoms with E-state index in [1.165, 1.54) is 28.4 Å². The topological polar surface area (TPSA) is 268 Å². The first kappa shape index (κ1) is 53.3. The Kier molecular flexibility index (Phi) is 18.3. The third-order valence-corrected chi connectivity index (χ3v) is 10.9. The Hall–Kier alpha value is -7.64. The van der Waals surface area contributed by atoms with Crippen LogP contribution < -0.4 is 30.1 Å². The molecule has 0 saturated heterocycles. The van der Waals surface area contributed by atoms with Gasteiger partial charge in [-0.15, -0.1) is 20.4 Å². The van der Waals surface area contributed by atoms with Crippen LogP contribution in [-0.2, 0) is 40.0 Å². The van der Waals surface area contributed by atoms with Gasteiger partial charge in [-0.1, -0.05) is 38.8 Å². The van der Waals surface area contributed by atoms with Crippen LogP contribution in [0.1, 0.15) is 97.3 Å². The maximum Gasteiger partial charge on any atom is 0.315 e. The van der Waals surface area contributed by atoms with E-state index in [4.69, 9.17) is 32.5 Å². The SMILES string of the molecule is CCCCc1[nH]c(=O)c(-c2nnc(CC(=O)N(CC)CC)o2)c(O)c1-c1c(OC)cccc1OC.CCCCc1[nH]c(=O)c(-c2nnc(CC(=O)OC(C)(C)C)o2)c(O)c1-c1c(OC)cccc1OC. The number of nitrogens with one attached hydrogen (secondary N) is 2. The Bertz CT molecular complexity index is 2830. The molecule has 0 aliphatic heterocycles. The van der Waals surface area contributed by atoms with Gasteiger partial charge in [0, 0.05) is 24.5 Å². The molecule has 0 spiro atoms. The van der Waals surface area contributed by atoms with Crippen LogP contribution >= 0.6 is 0 Å². The average molecular weight is 970 g/mol. The van der Waals surface area contributed by atoms with Gasteiger partial charge < -0.3 is 57.6 Å². The maximum atomic E-state index is 13.1. The van der Waals surface area contributed by atoms with Crippen LogP contribution in [0.15, 0.2) is 54.8 Å². The van der Waals surface area contributed by atoms with Gasteiger partial charge in [0.2, 0.25) is 17.7 Å². The number of aromatic hydroxyl groups is 2.